The molecule has 3 N–H and O–H groups in total. The first-order valence-corrected chi connectivity index (χ1v) is 11.8. The molecular weight excluding hydrogens is 418 g/mol. The molecule has 2 fully saturated rings. The van der Waals surface area contributed by atoms with E-state index in [4.69, 9.17) is 0 Å². The second-order valence-electron chi connectivity index (χ2n) is 8.19. The van der Waals surface area contributed by atoms with E-state index in [-0.39, 0.29) is 28.5 Å². The predicted molar refractivity (Wildman–Crippen MR) is 120 cm³/mol. The maximum Gasteiger partial charge on any atom is 0.342 e. The molecule has 168 valence electrons. The fraction of sp³-hybridized carbons (Fsp3) is 0.545. The molecule has 31 heavy (non-hydrogen) atoms. The number of hydrogen-bond donors (Lipinski definition) is 3. The second-order valence-corrected chi connectivity index (χ2v) is 9.26. The van der Waals surface area contributed by atoms with Crippen molar-refractivity contribution < 1.29 is 24.3 Å². The molecule has 1 aliphatic heterocycles. The Labute approximate surface area is 186 Å². The van der Waals surface area contributed by atoms with Crippen molar-refractivity contribution in [1.82, 2.24) is 15.1 Å². The number of hydrogen-bond acceptors (Lipinski definition) is 6. The van der Waals surface area contributed by atoms with Crippen LogP contribution in [0.3, 0.4) is 0 Å². The molecular formula is C22H30N3O5S+. The third-order valence-electron chi connectivity index (χ3n) is 6.19. The molecule has 0 aromatic heterocycles. The molecule has 0 radical (unpaired) electrons. The number of ketones is 1. The van der Waals surface area contributed by atoms with Gasteiger partial charge in [0.2, 0.25) is 5.91 Å². The summed E-state index contributed by atoms with van der Waals surface area (Å²) in [5.74, 6) is -1.90. The molecule has 1 aliphatic carbocycles. The number of carboxylic acid groups (broad SMARTS) is 1. The number of rotatable bonds is 8. The zero-order valence-corrected chi connectivity index (χ0v) is 18.5. The van der Waals surface area contributed by atoms with Crippen LogP contribution in [0, 0.1) is 11.8 Å². The Bertz CT molecular complexity index is 826. The number of carboxylic acids is 1. The van der Waals surface area contributed by atoms with Crippen LogP contribution in [0.25, 0.3) is 0 Å². The van der Waals surface area contributed by atoms with Gasteiger partial charge in [0.15, 0.2) is 6.04 Å². The Balaban J connectivity index is 1.76. The monoisotopic (exact) mass is 448 g/mol. The summed E-state index contributed by atoms with van der Waals surface area (Å²) >= 11 is 1.37. The maximum atomic E-state index is 13.8. The highest BCUT2D eigenvalue weighted by atomic mass is 32.2. The Kier molecular flexibility index (Phi) is 7.85. The number of nitrogens with one attached hydrogen (secondary N) is 2. The van der Waals surface area contributed by atoms with E-state index in [1.54, 1.807) is 0 Å². The molecule has 0 bridgehead atoms. The summed E-state index contributed by atoms with van der Waals surface area (Å²) in [6.07, 6.45) is 0.658. The van der Waals surface area contributed by atoms with E-state index in [1.807, 2.05) is 30.3 Å². The van der Waals surface area contributed by atoms with Gasteiger partial charge in [0.25, 0.3) is 0 Å². The van der Waals surface area contributed by atoms with Crippen molar-refractivity contribution in [1.29, 1.82) is 0 Å². The van der Waals surface area contributed by atoms with Crippen molar-refractivity contribution in [3.63, 3.8) is 0 Å². The highest BCUT2D eigenvalue weighted by Crippen LogP contribution is 2.32. The van der Waals surface area contributed by atoms with Crippen LogP contribution in [0.15, 0.2) is 30.3 Å². The van der Waals surface area contributed by atoms with Crippen LogP contribution < -0.4 is 15.1 Å². The van der Waals surface area contributed by atoms with Gasteiger partial charge in [0, 0.05) is 43.9 Å². The lowest BCUT2D eigenvalue weighted by Gasteiger charge is -2.40. The lowest BCUT2D eigenvalue weighted by molar-refractivity contribution is -0.143. The Morgan fingerprint density at radius 2 is 1.90 bits per heavy atom. The van der Waals surface area contributed by atoms with Crippen molar-refractivity contribution in [2.75, 3.05) is 37.7 Å². The first kappa shape index (κ1) is 23.4. The smallest absolute Gasteiger partial charge is 0.342 e. The molecule has 1 saturated heterocycles. The molecule has 0 spiro atoms. The van der Waals surface area contributed by atoms with Crippen LogP contribution in [-0.4, -0.2) is 72.4 Å². The fourth-order valence-corrected chi connectivity index (χ4v) is 5.81. The van der Waals surface area contributed by atoms with Gasteiger partial charge in [-0.2, -0.15) is 11.8 Å². The zero-order chi connectivity index (χ0) is 22.4. The number of piperazine rings is 1. The quantitative estimate of drug-likeness (QED) is 0.510. The molecule has 3 rings (SSSR count). The lowest BCUT2D eigenvalue weighted by atomic mass is 9.98. The number of nitrogens with zero attached hydrogens (tertiary/aromatic N) is 1. The highest BCUT2D eigenvalue weighted by Gasteiger charge is 2.45. The van der Waals surface area contributed by atoms with Gasteiger partial charge in [-0.1, -0.05) is 18.2 Å². The van der Waals surface area contributed by atoms with Gasteiger partial charge in [-0.15, -0.1) is 0 Å². The van der Waals surface area contributed by atoms with Crippen LogP contribution in [0.5, 0.6) is 0 Å². The van der Waals surface area contributed by atoms with Gasteiger partial charge in [-0.3, -0.25) is 14.4 Å². The van der Waals surface area contributed by atoms with E-state index < -0.39 is 23.8 Å². The number of amides is 2. The summed E-state index contributed by atoms with van der Waals surface area (Å²) in [6.45, 7) is 3.95. The summed E-state index contributed by atoms with van der Waals surface area (Å²) in [5.41, 5.74) is 0.895. The van der Waals surface area contributed by atoms with E-state index in [2.05, 4.69) is 10.6 Å². The minimum atomic E-state index is -0.944. The van der Waals surface area contributed by atoms with Gasteiger partial charge < -0.3 is 15.7 Å². The molecule has 1 aromatic carbocycles. The Morgan fingerprint density at radius 1 is 1.23 bits per heavy atom. The number of carbonyl (C=O) groups is 4. The number of carbonyl (C=O) groups excluding carboxylic acids is 3. The van der Waals surface area contributed by atoms with Crippen molar-refractivity contribution in [2.24, 2.45) is 11.8 Å². The van der Waals surface area contributed by atoms with Gasteiger partial charge >= 0.3 is 11.9 Å². The molecule has 1 heterocycles. The van der Waals surface area contributed by atoms with E-state index >= 15 is 0 Å². The molecule has 1 saturated carbocycles. The number of thioether (sulfide) groups is 1. The average Bonchev–Trinajstić information content (AvgIpc) is 3.14. The lowest BCUT2D eigenvalue weighted by Crippen LogP contribution is -2.68. The minimum Gasteiger partial charge on any atom is -0.481 e. The molecule has 8 nitrogen and oxygen atoms in total. The van der Waals surface area contributed by atoms with E-state index in [0.717, 1.165) is 5.69 Å². The number of aliphatic carboxylic acids is 1. The summed E-state index contributed by atoms with van der Waals surface area (Å²) in [5, 5.41) is 15.5. The molecule has 2 amide bonds. The van der Waals surface area contributed by atoms with Crippen LogP contribution in [-0.2, 0) is 19.2 Å². The third kappa shape index (κ3) is 5.34. The van der Waals surface area contributed by atoms with Crippen LogP contribution >= 0.6 is 11.8 Å². The minimum absolute atomic E-state index is 0.0304. The van der Waals surface area contributed by atoms with Crippen molar-refractivity contribution in [2.45, 2.75) is 25.8 Å². The summed E-state index contributed by atoms with van der Waals surface area (Å²) in [6, 6.07) is 8.88. The zero-order valence-electron chi connectivity index (χ0n) is 17.7. The average molecular weight is 449 g/mol. The van der Waals surface area contributed by atoms with Crippen LogP contribution in [0.4, 0.5) is 5.69 Å². The number of quaternary nitrogens is 1. The van der Waals surface area contributed by atoms with Crippen molar-refractivity contribution in [3.8, 4) is 0 Å². The highest BCUT2D eigenvalue weighted by molar-refractivity contribution is 7.99. The van der Waals surface area contributed by atoms with Gasteiger partial charge in [-0.25, -0.2) is 9.28 Å². The fourth-order valence-electron chi connectivity index (χ4n) is 4.54. The first-order chi connectivity index (χ1) is 14.8. The number of para-hydroxylation sites is 1. The second kappa shape index (κ2) is 10.4. The number of benzene rings is 1. The largest absolute Gasteiger partial charge is 0.481 e. The first-order valence-electron chi connectivity index (χ1n) is 10.6. The molecule has 3 atom stereocenters. The maximum absolute atomic E-state index is 13.8. The van der Waals surface area contributed by atoms with Crippen molar-refractivity contribution in [3.05, 3.63) is 30.3 Å². The molecule has 2 aliphatic rings. The Morgan fingerprint density at radius 3 is 2.52 bits per heavy atom. The Hall–Kier alpha value is -2.23. The van der Waals surface area contributed by atoms with E-state index in [1.165, 1.54) is 18.7 Å². The molecule has 9 heteroatoms. The molecule has 1 aromatic rings. The predicted octanol–water partition coefficient (Wildman–Crippen LogP) is 1.04. The normalized spacial score (nSPS) is 23.8. The van der Waals surface area contributed by atoms with Crippen LogP contribution in [0.2, 0.25) is 0 Å². The van der Waals surface area contributed by atoms with Gasteiger partial charge in [0.1, 0.15) is 24.6 Å². The third-order valence-corrected chi connectivity index (χ3v) is 7.35. The topological polar surface area (TPSA) is 113 Å². The standard InChI is InChI=1S/C22H29N3O5S/c1-15(26)24-19(14-31-13-18-17(22(29)30)7-8-20(18)27)21(28)25(11-9-23-10-12-25)16-5-3-2-4-6-16/h2-6,17-19,23H,7-14H2,1H3,(H-,24,26,29,30)/p+1. The van der Waals surface area contributed by atoms with Gasteiger partial charge in [-0.05, 0) is 18.6 Å². The summed E-state index contributed by atoms with van der Waals surface area (Å²) in [4.78, 5) is 49.2. The van der Waals surface area contributed by atoms with Gasteiger partial charge in [0.05, 0.1) is 5.92 Å². The van der Waals surface area contributed by atoms with Crippen molar-refractivity contribution >= 4 is 41.0 Å². The number of Topliss-reactive ketones (excluding diaryl/α,β-unsaturated/α-hetero) is 1. The molecule has 3 unspecified atom stereocenters. The van der Waals surface area contributed by atoms with E-state index in [9.17, 15) is 24.3 Å². The summed E-state index contributed by atoms with van der Waals surface area (Å²) < 4.78 is 0.152. The van der Waals surface area contributed by atoms with Crippen LogP contribution in [0.1, 0.15) is 19.8 Å². The SMILES string of the molecule is CC(=O)NC(CSCC1C(=O)CCC1C(=O)O)C(=O)[N+]1(c2ccccc2)CCNCC1. The summed E-state index contributed by atoms with van der Waals surface area (Å²) in [7, 11) is 0. The van der Waals surface area contributed by atoms with E-state index in [0.29, 0.717) is 44.1 Å².